The van der Waals surface area contributed by atoms with E-state index in [-0.39, 0.29) is 17.7 Å². The lowest BCUT2D eigenvalue weighted by Gasteiger charge is -2.23. The lowest BCUT2D eigenvalue weighted by molar-refractivity contribution is -0.123. The predicted molar refractivity (Wildman–Crippen MR) is 93.5 cm³/mol. The van der Waals surface area contributed by atoms with Gasteiger partial charge in [-0.1, -0.05) is 68.8 Å². The topological polar surface area (TPSA) is 38.3 Å². The SMILES string of the molecule is CC[C@@H](C)[C@H](C(=O)NCc1ccccc1OC)c1ccccc1. The van der Waals surface area contributed by atoms with E-state index < -0.39 is 0 Å². The summed E-state index contributed by atoms with van der Waals surface area (Å²) in [5, 5.41) is 3.07. The number of methoxy groups -OCH3 is 1. The first-order chi connectivity index (χ1) is 11.2. The van der Waals surface area contributed by atoms with Gasteiger partial charge in [0, 0.05) is 12.1 Å². The lowest BCUT2D eigenvalue weighted by Crippen LogP contribution is -2.32. The highest BCUT2D eigenvalue weighted by atomic mass is 16.5. The van der Waals surface area contributed by atoms with E-state index in [9.17, 15) is 4.79 Å². The van der Waals surface area contributed by atoms with E-state index in [2.05, 4.69) is 19.2 Å². The van der Waals surface area contributed by atoms with Crippen LogP contribution >= 0.6 is 0 Å². The summed E-state index contributed by atoms with van der Waals surface area (Å²) in [5.41, 5.74) is 2.05. The predicted octanol–water partition coefficient (Wildman–Crippen LogP) is 4.14. The molecule has 2 rings (SSSR count). The molecule has 3 heteroatoms. The van der Waals surface area contributed by atoms with Gasteiger partial charge in [0.25, 0.3) is 0 Å². The van der Waals surface area contributed by atoms with Crippen molar-refractivity contribution < 1.29 is 9.53 Å². The molecule has 0 spiro atoms. The van der Waals surface area contributed by atoms with Crippen molar-refractivity contribution in [3.8, 4) is 5.75 Å². The van der Waals surface area contributed by atoms with E-state index in [1.165, 1.54) is 0 Å². The van der Waals surface area contributed by atoms with Crippen molar-refractivity contribution in [2.75, 3.05) is 7.11 Å². The van der Waals surface area contributed by atoms with Gasteiger partial charge in [0.1, 0.15) is 5.75 Å². The normalized spacial score (nSPS) is 13.2. The Balaban J connectivity index is 2.12. The minimum atomic E-state index is -0.129. The van der Waals surface area contributed by atoms with Gasteiger partial charge in [-0.15, -0.1) is 0 Å². The van der Waals surface area contributed by atoms with Crippen molar-refractivity contribution in [2.45, 2.75) is 32.7 Å². The van der Waals surface area contributed by atoms with Crippen LogP contribution in [0.1, 0.15) is 37.3 Å². The zero-order chi connectivity index (χ0) is 16.7. The molecular weight excluding hydrogens is 286 g/mol. The fourth-order valence-corrected chi connectivity index (χ4v) is 2.78. The zero-order valence-electron chi connectivity index (χ0n) is 14.1. The van der Waals surface area contributed by atoms with E-state index in [0.717, 1.165) is 23.3 Å². The van der Waals surface area contributed by atoms with Gasteiger partial charge < -0.3 is 10.1 Å². The van der Waals surface area contributed by atoms with Gasteiger partial charge in [0.2, 0.25) is 5.91 Å². The van der Waals surface area contributed by atoms with E-state index in [1.54, 1.807) is 7.11 Å². The Morgan fingerprint density at radius 3 is 2.39 bits per heavy atom. The first-order valence-electron chi connectivity index (χ1n) is 8.12. The monoisotopic (exact) mass is 311 g/mol. The number of rotatable bonds is 7. The zero-order valence-corrected chi connectivity index (χ0v) is 14.1. The summed E-state index contributed by atoms with van der Waals surface area (Å²) in [4.78, 5) is 12.8. The van der Waals surface area contributed by atoms with Crippen LogP contribution in [0.25, 0.3) is 0 Å². The summed E-state index contributed by atoms with van der Waals surface area (Å²) < 4.78 is 5.34. The molecule has 0 aliphatic rings. The minimum absolute atomic E-state index is 0.0662. The van der Waals surface area contributed by atoms with E-state index >= 15 is 0 Å². The average molecular weight is 311 g/mol. The van der Waals surface area contributed by atoms with Crippen LogP contribution in [0.4, 0.5) is 0 Å². The third kappa shape index (κ3) is 4.35. The van der Waals surface area contributed by atoms with Crippen molar-refractivity contribution in [1.29, 1.82) is 0 Å². The highest BCUT2D eigenvalue weighted by Gasteiger charge is 2.25. The number of benzene rings is 2. The van der Waals surface area contributed by atoms with Gasteiger partial charge >= 0.3 is 0 Å². The molecule has 1 N–H and O–H groups in total. The van der Waals surface area contributed by atoms with Crippen LogP contribution in [0.15, 0.2) is 54.6 Å². The highest BCUT2D eigenvalue weighted by Crippen LogP contribution is 2.27. The fraction of sp³-hybridized carbons (Fsp3) is 0.350. The van der Waals surface area contributed by atoms with Gasteiger partial charge in [-0.2, -0.15) is 0 Å². The molecule has 0 radical (unpaired) electrons. The first-order valence-corrected chi connectivity index (χ1v) is 8.12. The molecule has 0 saturated heterocycles. The Labute approximate surface area is 138 Å². The highest BCUT2D eigenvalue weighted by molar-refractivity contribution is 5.84. The summed E-state index contributed by atoms with van der Waals surface area (Å²) in [6, 6.07) is 17.8. The molecule has 0 bridgehead atoms. The molecule has 23 heavy (non-hydrogen) atoms. The summed E-state index contributed by atoms with van der Waals surface area (Å²) in [6.45, 7) is 4.72. The van der Waals surface area contributed by atoms with E-state index in [1.807, 2.05) is 54.6 Å². The smallest absolute Gasteiger partial charge is 0.228 e. The molecule has 0 heterocycles. The number of para-hydroxylation sites is 1. The molecule has 122 valence electrons. The molecule has 1 amide bonds. The minimum Gasteiger partial charge on any atom is -0.496 e. The van der Waals surface area contributed by atoms with Gasteiger partial charge in [-0.3, -0.25) is 4.79 Å². The van der Waals surface area contributed by atoms with Crippen molar-refractivity contribution in [2.24, 2.45) is 5.92 Å². The van der Waals surface area contributed by atoms with Crippen LogP contribution in [0.3, 0.4) is 0 Å². The van der Waals surface area contributed by atoms with Gasteiger partial charge in [0.05, 0.1) is 13.0 Å². The maximum Gasteiger partial charge on any atom is 0.228 e. The second-order valence-electron chi connectivity index (χ2n) is 5.80. The maximum absolute atomic E-state index is 12.8. The summed E-state index contributed by atoms with van der Waals surface area (Å²) in [7, 11) is 1.65. The third-order valence-corrected chi connectivity index (χ3v) is 4.30. The summed E-state index contributed by atoms with van der Waals surface area (Å²) >= 11 is 0. The van der Waals surface area contributed by atoms with Gasteiger partial charge in [-0.05, 0) is 17.5 Å². The molecule has 2 atom stereocenters. The number of hydrogen-bond acceptors (Lipinski definition) is 2. The van der Waals surface area contributed by atoms with Crippen LogP contribution < -0.4 is 10.1 Å². The second kappa shape index (κ2) is 8.37. The number of ether oxygens (including phenoxy) is 1. The lowest BCUT2D eigenvalue weighted by atomic mass is 9.85. The number of nitrogens with one attached hydrogen (secondary N) is 1. The molecule has 2 aromatic carbocycles. The van der Waals surface area contributed by atoms with Gasteiger partial charge in [-0.25, -0.2) is 0 Å². The van der Waals surface area contributed by atoms with Crippen LogP contribution in [0.2, 0.25) is 0 Å². The Bertz CT molecular complexity index is 625. The summed E-state index contributed by atoms with van der Waals surface area (Å²) in [6.07, 6.45) is 0.960. The number of carbonyl (C=O) groups excluding carboxylic acids is 1. The molecule has 0 fully saturated rings. The third-order valence-electron chi connectivity index (χ3n) is 4.30. The van der Waals surface area contributed by atoms with E-state index in [4.69, 9.17) is 4.74 Å². The standard InChI is InChI=1S/C20H25NO2/c1-4-15(2)19(16-10-6-5-7-11-16)20(22)21-14-17-12-8-9-13-18(17)23-3/h5-13,15,19H,4,14H2,1-3H3,(H,21,22)/t15-,19+/m1/s1. The fourth-order valence-electron chi connectivity index (χ4n) is 2.78. The van der Waals surface area contributed by atoms with Crippen LogP contribution in [0.5, 0.6) is 5.75 Å². The second-order valence-corrected chi connectivity index (χ2v) is 5.80. The van der Waals surface area contributed by atoms with Crippen LogP contribution in [-0.4, -0.2) is 13.0 Å². The van der Waals surface area contributed by atoms with Crippen molar-refractivity contribution in [1.82, 2.24) is 5.32 Å². The molecule has 0 unspecified atom stereocenters. The molecule has 2 aromatic rings. The van der Waals surface area contributed by atoms with Crippen molar-refractivity contribution >= 4 is 5.91 Å². The molecule has 3 nitrogen and oxygen atoms in total. The largest absolute Gasteiger partial charge is 0.496 e. The number of carbonyl (C=O) groups is 1. The average Bonchev–Trinajstić information content (AvgIpc) is 2.61. The number of amides is 1. The molecule has 0 aromatic heterocycles. The molecule has 0 aliphatic heterocycles. The Hall–Kier alpha value is -2.29. The maximum atomic E-state index is 12.8. The van der Waals surface area contributed by atoms with Crippen molar-refractivity contribution in [3.05, 3.63) is 65.7 Å². The molecule has 0 saturated carbocycles. The van der Waals surface area contributed by atoms with E-state index in [0.29, 0.717) is 6.54 Å². The first kappa shape index (κ1) is 17.1. The van der Waals surface area contributed by atoms with Gasteiger partial charge in [0.15, 0.2) is 0 Å². The van der Waals surface area contributed by atoms with Crippen LogP contribution in [0, 0.1) is 5.92 Å². The number of hydrogen-bond donors (Lipinski definition) is 1. The Morgan fingerprint density at radius 2 is 1.74 bits per heavy atom. The molecular formula is C20H25NO2. The quantitative estimate of drug-likeness (QED) is 0.834. The Kier molecular flexibility index (Phi) is 6.21. The Morgan fingerprint density at radius 1 is 1.09 bits per heavy atom. The van der Waals surface area contributed by atoms with Crippen molar-refractivity contribution in [3.63, 3.8) is 0 Å². The molecule has 0 aliphatic carbocycles. The van der Waals surface area contributed by atoms with Crippen LogP contribution in [-0.2, 0) is 11.3 Å². The summed E-state index contributed by atoms with van der Waals surface area (Å²) in [5.74, 6) is 1.02.